The molecule has 0 unspecified atom stereocenters. The highest BCUT2D eigenvalue weighted by atomic mass is 35.5. The lowest BCUT2D eigenvalue weighted by Crippen LogP contribution is -2.28. The van der Waals surface area contributed by atoms with E-state index >= 15 is 0 Å². The molecule has 0 bridgehead atoms. The number of amides is 1. The summed E-state index contributed by atoms with van der Waals surface area (Å²) in [6.07, 6.45) is 0.349. The molecule has 2 N–H and O–H groups in total. The van der Waals surface area contributed by atoms with Crippen LogP contribution in [0.3, 0.4) is 0 Å². The molecule has 0 heterocycles. The molecule has 1 aromatic rings. The zero-order valence-corrected chi connectivity index (χ0v) is 10.6. The Labute approximate surface area is 105 Å². The average molecular weight is 261 g/mol. The molecule has 0 fully saturated rings. The number of halogens is 2. The van der Waals surface area contributed by atoms with Gasteiger partial charge in [0.1, 0.15) is 0 Å². The Bertz CT molecular complexity index is 382. The first kappa shape index (κ1) is 13.3. The number of hydrogen-bond donors (Lipinski definition) is 1. The normalized spacial score (nSPS) is 10.2. The predicted octanol–water partition coefficient (Wildman–Crippen LogP) is 2.30. The maximum Gasteiger partial charge on any atom is 0.223 e. The van der Waals surface area contributed by atoms with Crippen LogP contribution in [0.2, 0.25) is 10.0 Å². The molecule has 0 aromatic heterocycles. The first-order valence-corrected chi connectivity index (χ1v) is 5.68. The fourth-order valence-corrected chi connectivity index (χ4v) is 1.78. The largest absolute Gasteiger partial charge is 0.341 e. The molecule has 0 spiro atoms. The van der Waals surface area contributed by atoms with E-state index in [1.807, 2.05) is 6.07 Å². The van der Waals surface area contributed by atoms with Crippen LogP contribution in [0.1, 0.15) is 12.0 Å². The maximum absolute atomic E-state index is 11.5. The summed E-state index contributed by atoms with van der Waals surface area (Å²) in [4.78, 5) is 13.1. The van der Waals surface area contributed by atoms with Crippen LogP contribution in [0.5, 0.6) is 0 Å². The van der Waals surface area contributed by atoms with Crippen LogP contribution in [0.4, 0.5) is 0 Å². The number of rotatable bonds is 4. The molecule has 0 saturated carbocycles. The number of benzene rings is 1. The Balaban J connectivity index is 2.69. The molecule has 0 radical (unpaired) electrons. The standard InChI is InChI=1S/C11H14Cl2N2O/c1-15(11(16)4-5-14)7-8-2-3-9(12)6-10(8)13/h2-3,6H,4-5,7,14H2,1H3. The van der Waals surface area contributed by atoms with Gasteiger partial charge in [-0.05, 0) is 17.7 Å². The summed E-state index contributed by atoms with van der Waals surface area (Å²) < 4.78 is 0. The zero-order chi connectivity index (χ0) is 12.1. The Morgan fingerprint density at radius 3 is 2.69 bits per heavy atom. The third-order valence-corrected chi connectivity index (χ3v) is 2.79. The number of nitrogens with two attached hydrogens (primary N) is 1. The van der Waals surface area contributed by atoms with Crippen molar-refractivity contribution in [3.63, 3.8) is 0 Å². The van der Waals surface area contributed by atoms with E-state index < -0.39 is 0 Å². The number of carbonyl (C=O) groups is 1. The van der Waals surface area contributed by atoms with Crippen LogP contribution in [0.25, 0.3) is 0 Å². The van der Waals surface area contributed by atoms with Gasteiger partial charge in [-0.1, -0.05) is 29.3 Å². The summed E-state index contributed by atoms with van der Waals surface area (Å²) in [5.41, 5.74) is 6.19. The highest BCUT2D eigenvalue weighted by Gasteiger charge is 2.10. The van der Waals surface area contributed by atoms with Gasteiger partial charge in [-0.3, -0.25) is 4.79 Å². The third-order valence-electron chi connectivity index (χ3n) is 2.21. The van der Waals surface area contributed by atoms with Crippen molar-refractivity contribution in [2.45, 2.75) is 13.0 Å². The van der Waals surface area contributed by atoms with Gasteiger partial charge in [0.15, 0.2) is 0 Å². The van der Waals surface area contributed by atoms with Gasteiger partial charge in [-0.25, -0.2) is 0 Å². The predicted molar refractivity (Wildman–Crippen MR) is 66.6 cm³/mol. The fourth-order valence-electron chi connectivity index (χ4n) is 1.31. The van der Waals surface area contributed by atoms with Gasteiger partial charge >= 0.3 is 0 Å². The number of carbonyl (C=O) groups excluding carboxylic acids is 1. The van der Waals surface area contributed by atoms with Crippen molar-refractivity contribution in [2.75, 3.05) is 13.6 Å². The lowest BCUT2D eigenvalue weighted by atomic mass is 10.2. The molecule has 0 saturated heterocycles. The van der Waals surface area contributed by atoms with Crippen LogP contribution < -0.4 is 5.73 Å². The van der Waals surface area contributed by atoms with Gasteiger partial charge in [0.2, 0.25) is 5.91 Å². The van der Waals surface area contributed by atoms with Crippen molar-refractivity contribution in [2.24, 2.45) is 5.73 Å². The van der Waals surface area contributed by atoms with E-state index in [1.54, 1.807) is 24.1 Å². The van der Waals surface area contributed by atoms with Crippen LogP contribution in [0.15, 0.2) is 18.2 Å². The quantitative estimate of drug-likeness (QED) is 0.903. The Hall–Kier alpha value is -0.770. The lowest BCUT2D eigenvalue weighted by molar-refractivity contribution is -0.130. The topological polar surface area (TPSA) is 46.3 Å². The van der Waals surface area contributed by atoms with Gasteiger partial charge < -0.3 is 10.6 Å². The second-order valence-electron chi connectivity index (χ2n) is 3.52. The molecule has 0 aliphatic rings. The molecule has 1 rings (SSSR count). The minimum Gasteiger partial charge on any atom is -0.341 e. The third kappa shape index (κ3) is 3.67. The minimum absolute atomic E-state index is 0.00789. The van der Waals surface area contributed by atoms with E-state index in [1.165, 1.54) is 0 Å². The monoisotopic (exact) mass is 260 g/mol. The summed E-state index contributed by atoms with van der Waals surface area (Å²) in [5, 5.41) is 1.16. The Morgan fingerprint density at radius 1 is 1.44 bits per heavy atom. The smallest absolute Gasteiger partial charge is 0.223 e. The van der Waals surface area contributed by atoms with E-state index in [2.05, 4.69) is 0 Å². The summed E-state index contributed by atoms with van der Waals surface area (Å²) >= 11 is 11.8. The second kappa shape index (κ2) is 6.09. The second-order valence-corrected chi connectivity index (χ2v) is 4.37. The highest BCUT2D eigenvalue weighted by Crippen LogP contribution is 2.22. The van der Waals surface area contributed by atoms with Crippen LogP contribution in [0, 0.1) is 0 Å². The maximum atomic E-state index is 11.5. The summed E-state index contributed by atoms with van der Waals surface area (Å²) in [6, 6.07) is 5.24. The molecule has 1 aromatic carbocycles. The molecule has 0 atom stereocenters. The fraction of sp³-hybridized carbons (Fsp3) is 0.364. The molecule has 5 heteroatoms. The van der Waals surface area contributed by atoms with Crippen LogP contribution in [-0.4, -0.2) is 24.4 Å². The van der Waals surface area contributed by atoms with E-state index in [4.69, 9.17) is 28.9 Å². The first-order valence-electron chi connectivity index (χ1n) is 4.92. The molecule has 3 nitrogen and oxygen atoms in total. The SMILES string of the molecule is CN(Cc1ccc(Cl)cc1Cl)C(=O)CCN. The first-order chi connectivity index (χ1) is 7.54. The van der Waals surface area contributed by atoms with E-state index in [-0.39, 0.29) is 5.91 Å². The minimum atomic E-state index is 0.00789. The van der Waals surface area contributed by atoms with Crippen molar-refractivity contribution in [1.29, 1.82) is 0 Å². The summed E-state index contributed by atoms with van der Waals surface area (Å²) in [5.74, 6) is 0.00789. The Morgan fingerprint density at radius 2 is 2.12 bits per heavy atom. The van der Waals surface area contributed by atoms with Crippen molar-refractivity contribution in [3.05, 3.63) is 33.8 Å². The molecule has 88 valence electrons. The van der Waals surface area contributed by atoms with Crippen LogP contribution in [-0.2, 0) is 11.3 Å². The number of hydrogen-bond acceptors (Lipinski definition) is 2. The summed E-state index contributed by atoms with van der Waals surface area (Å²) in [7, 11) is 1.73. The lowest BCUT2D eigenvalue weighted by Gasteiger charge is -2.17. The van der Waals surface area contributed by atoms with E-state index in [0.29, 0.717) is 29.6 Å². The van der Waals surface area contributed by atoms with Crippen molar-refractivity contribution in [3.8, 4) is 0 Å². The zero-order valence-electron chi connectivity index (χ0n) is 9.04. The molecule has 1 amide bonds. The van der Waals surface area contributed by atoms with Crippen molar-refractivity contribution in [1.82, 2.24) is 4.90 Å². The van der Waals surface area contributed by atoms with E-state index in [0.717, 1.165) is 5.56 Å². The van der Waals surface area contributed by atoms with Gasteiger partial charge in [-0.15, -0.1) is 0 Å². The molecular formula is C11H14Cl2N2O. The molecular weight excluding hydrogens is 247 g/mol. The number of nitrogens with zero attached hydrogens (tertiary/aromatic N) is 1. The van der Waals surface area contributed by atoms with Gasteiger partial charge in [-0.2, -0.15) is 0 Å². The molecule has 16 heavy (non-hydrogen) atoms. The van der Waals surface area contributed by atoms with Crippen LogP contribution >= 0.6 is 23.2 Å². The molecule has 0 aliphatic carbocycles. The Kier molecular flexibility index (Phi) is 5.06. The van der Waals surface area contributed by atoms with Gasteiger partial charge in [0.05, 0.1) is 0 Å². The van der Waals surface area contributed by atoms with Crippen molar-refractivity contribution >= 4 is 29.1 Å². The molecule has 0 aliphatic heterocycles. The van der Waals surface area contributed by atoms with Gasteiger partial charge in [0.25, 0.3) is 0 Å². The van der Waals surface area contributed by atoms with Gasteiger partial charge in [0, 0.05) is 36.6 Å². The average Bonchev–Trinajstić information content (AvgIpc) is 2.22. The van der Waals surface area contributed by atoms with E-state index in [9.17, 15) is 4.79 Å². The highest BCUT2D eigenvalue weighted by molar-refractivity contribution is 6.35. The van der Waals surface area contributed by atoms with Crippen molar-refractivity contribution < 1.29 is 4.79 Å². The summed E-state index contributed by atoms with van der Waals surface area (Å²) in [6.45, 7) is 0.826.